The number of allylic oxidation sites excluding steroid dienone is 1. The number of ether oxygens (including phenoxy) is 1. The Hall–Kier alpha value is -4.28. The molecule has 2 aromatic carbocycles. The number of methoxy groups -OCH3 is 1. The summed E-state index contributed by atoms with van der Waals surface area (Å²) in [5, 5.41) is 23.8. The summed E-state index contributed by atoms with van der Waals surface area (Å²) in [6, 6.07) is 15.1. The lowest BCUT2D eigenvalue weighted by Gasteiger charge is -2.20. The van der Waals surface area contributed by atoms with Crippen LogP contribution >= 0.6 is 0 Å². The van der Waals surface area contributed by atoms with Crippen LogP contribution in [0.1, 0.15) is 62.3 Å². The molecule has 0 aliphatic carbocycles. The molecular formula is C33H40FN3O6. The molecule has 0 aliphatic rings. The molecule has 0 fully saturated rings. The van der Waals surface area contributed by atoms with Gasteiger partial charge in [-0.15, -0.1) is 0 Å². The number of hydrogen-bond donors (Lipinski definition) is 4. The monoisotopic (exact) mass is 593 g/mol. The summed E-state index contributed by atoms with van der Waals surface area (Å²) in [5.74, 6) is -1.83. The summed E-state index contributed by atoms with van der Waals surface area (Å²) in [7, 11) is 1.23. The van der Waals surface area contributed by atoms with Gasteiger partial charge in [0.1, 0.15) is 11.5 Å². The van der Waals surface area contributed by atoms with Gasteiger partial charge in [-0.25, -0.2) is 4.39 Å². The van der Waals surface area contributed by atoms with Crippen molar-refractivity contribution in [3.05, 3.63) is 83.6 Å². The second-order valence-corrected chi connectivity index (χ2v) is 10.8. The number of nitrogens with one attached hydrogen (secondary N) is 1. The first-order chi connectivity index (χ1) is 20.4. The predicted molar refractivity (Wildman–Crippen MR) is 163 cm³/mol. The molecule has 3 rings (SSSR count). The Balaban J connectivity index is 2.17. The smallest absolute Gasteiger partial charge is 0.308 e. The number of ketones is 1. The fraction of sp³-hybridized carbons (Fsp3) is 0.364. The Bertz CT molecular complexity index is 1440. The van der Waals surface area contributed by atoms with E-state index in [1.165, 1.54) is 25.3 Å². The van der Waals surface area contributed by atoms with Gasteiger partial charge in [0.25, 0.3) is 5.91 Å². The minimum Gasteiger partial charge on any atom is -0.469 e. The number of benzene rings is 2. The molecule has 1 heterocycles. The van der Waals surface area contributed by atoms with Gasteiger partial charge in [-0.3, -0.25) is 14.4 Å². The van der Waals surface area contributed by atoms with Gasteiger partial charge in [0.2, 0.25) is 0 Å². The van der Waals surface area contributed by atoms with E-state index in [-0.39, 0.29) is 44.1 Å². The average molecular weight is 594 g/mol. The van der Waals surface area contributed by atoms with Crippen LogP contribution in [0.5, 0.6) is 0 Å². The summed E-state index contributed by atoms with van der Waals surface area (Å²) < 4.78 is 20.5. The van der Waals surface area contributed by atoms with Crippen molar-refractivity contribution in [3.8, 4) is 22.3 Å². The Kier molecular flexibility index (Phi) is 11.8. The van der Waals surface area contributed by atoms with Crippen LogP contribution in [0.2, 0.25) is 0 Å². The summed E-state index contributed by atoms with van der Waals surface area (Å²) in [5.41, 5.74) is 9.69. The van der Waals surface area contributed by atoms with Crippen LogP contribution in [0.25, 0.3) is 22.3 Å². The molecule has 2 atom stereocenters. The standard InChI is InChI=1S/C33H40FN3O6/c1-20(2)37-28(15-14-25(38)17-26(39)18-29(41)43-4)30(23-10-12-24(34)13-11-23)31(22-8-6-5-7-9-22)32(37)33(42)36-19-27(40)16-21(3)35/h5-13,16,20,25-26,38-39H,14-15,17-19,35H2,1-4H3,(H,36,42)/b21-16-/t25-,26-/m1/s1. The molecule has 0 aliphatic heterocycles. The number of amides is 1. The van der Waals surface area contributed by atoms with Crippen molar-refractivity contribution in [3.63, 3.8) is 0 Å². The van der Waals surface area contributed by atoms with Crippen LogP contribution in [-0.2, 0) is 20.7 Å². The zero-order chi connectivity index (χ0) is 31.7. The molecule has 43 heavy (non-hydrogen) atoms. The predicted octanol–water partition coefficient (Wildman–Crippen LogP) is 4.31. The highest BCUT2D eigenvalue weighted by Crippen LogP contribution is 2.42. The molecule has 10 heteroatoms. The van der Waals surface area contributed by atoms with E-state index in [2.05, 4.69) is 10.1 Å². The number of carbonyl (C=O) groups is 3. The number of nitrogens with two attached hydrogens (primary N) is 1. The Morgan fingerprint density at radius 3 is 2.21 bits per heavy atom. The Labute approximate surface area is 251 Å². The van der Waals surface area contributed by atoms with Crippen molar-refractivity contribution in [1.82, 2.24) is 9.88 Å². The molecule has 0 saturated heterocycles. The van der Waals surface area contributed by atoms with Crippen molar-refractivity contribution in [2.75, 3.05) is 13.7 Å². The second kappa shape index (κ2) is 15.3. The van der Waals surface area contributed by atoms with E-state index in [4.69, 9.17) is 5.73 Å². The number of halogens is 1. The molecule has 0 unspecified atom stereocenters. The van der Waals surface area contributed by atoms with Crippen LogP contribution in [0.3, 0.4) is 0 Å². The largest absolute Gasteiger partial charge is 0.469 e. The van der Waals surface area contributed by atoms with Crippen molar-refractivity contribution in [2.45, 2.75) is 64.7 Å². The van der Waals surface area contributed by atoms with Crippen LogP contribution in [-0.4, -0.2) is 58.3 Å². The fourth-order valence-electron chi connectivity index (χ4n) is 5.14. The van der Waals surface area contributed by atoms with Gasteiger partial charge in [-0.1, -0.05) is 42.5 Å². The maximum absolute atomic E-state index is 14.0. The van der Waals surface area contributed by atoms with Crippen molar-refractivity contribution < 1.29 is 33.7 Å². The lowest BCUT2D eigenvalue weighted by molar-refractivity contribution is -0.143. The lowest BCUT2D eigenvalue weighted by Crippen LogP contribution is -2.31. The van der Waals surface area contributed by atoms with Gasteiger partial charge >= 0.3 is 5.97 Å². The molecule has 1 amide bonds. The molecule has 0 saturated carbocycles. The number of aromatic nitrogens is 1. The summed E-state index contributed by atoms with van der Waals surface area (Å²) in [6.45, 7) is 5.17. The third-order valence-electron chi connectivity index (χ3n) is 6.93. The number of hydrogen-bond acceptors (Lipinski definition) is 7. The van der Waals surface area contributed by atoms with E-state index >= 15 is 0 Å². The second-order valence-electron chi connectivity index (χ2n) is 10.8. The minimum absolute atomic E-state index is 0.0432. The maximum Gasteiger partial charge on any atom is 0.308 e. The molecular weight excluding hydrogens is 553 g/mol. The third kappa shape index (κ3) is 8.86. The molecule has 230 valence electrons. The summed E-state index contributed by atoms with van der Waals surface area (Å²) in [6.07, 6.45) is -0.575. The van der Waals surface area contributed by atoms with Gasteiger partial charge in [0.15, 0.2) is 5.78 Å². The number of aliphatic hydroxyl groups excluding tert-OH is 2. The van der Waals surface area contributed by atoms with Gasteiger partial charge in [-0.05, 0) is 63.3 Å². The highest BCUT2D eigenvalue weighted by atomic mass is 19.1. The number of carbonyl (C=O) groups excluding carboxylic acids is 3. The number of aliphatic hydroxyl groups is 2. The molecule has 0 radical (unpaired) electrons. The van der Waals surface area contributed by atoms with Gasteiger partial charge in [0.05, 0.1) is 32.3 Å². The van der Waals surface area contributed by atoms with Gasteiger partial charge in [0, 0.05) is 34.6 Å². The minimum atomic E-state index is -1.08. The highest BCUT2D eigenvalue weighted by Gasteiger charge is 2.30. The third-order valence-corrected chi connectivity index (χ3v) is 6.93. The quantitative estimate of drug-likeness (QED) is 0.161. The first-order valence-electron chi connectivity index (χ1n) is 14.2. The first-order valence-corrected chi connectivity index (χ1v) is 14.2. The Morgan fingerprint density at radius 2 is 1.63 bits per heavy atom. The van der Waals surface area contributed by atoms with E-state index in [0.29, 0.717) is 28.1 Å². The normalized spacial score (nSPS) is 13.1. The molecule has 0 bridgehead atoms. The van der Waals surface area contributed by atoms with E-state index in [1.807, 2.05) is 48.7 Å². The molecule has 5 N–H and O–H groups in total. The van der Waals surface area contributed by atoms with E-state index in [9.17, 15) is 29.0 Å². The topological polar surface area (TPSA) is 144 Å². The lowest BCUT2D eigenvalue weighted by atomic mass is 9.92. The van der Waals surface area contributed by atoms with E-state index in [1.54, 1.807) is 19.1 Å². The highest BCUT2D eigenvalue weighted by molar-refractivity contribution is 6.06. The van der Waals surface area contributed by atoms with Crippen molar-refractivity contribution in [2.24, 2.45) is 5.73 Å². The molecule has 3 aromatic rings. The van der Waals surface area contributed by atoms with Gasteiger partial charge < -0.3 is 30.6 Å². The van der Waals surface area contributed by atoms with E-state index in [0.717, 1.165) is 11.3 Å². The van der Waals surface area contributed by atoms with Crippen LogP contribution in [0.4, 0.5) is 4.39 Å². The fourth-order valence-corrected chi connectivity index (χ4v) is 5.14. The van der Waals surface area contributed by atoms with E-state index < -0.39 is 29.9 Å². The zero-order valence-corrected chi connectivity index (χ0v) is 25.0. The average Bonchev–Trinajstić information content (AvgIpc) is 3.30. The van der Waals surface area contributed by atoms with Crippen LogP contribution in [0, 0.1) is 5.82 Å². The molecule has 9 nitrogen and oxygen atoms in total. The first kappa shape index (κ1) is 33.2. The number of nitrogens with zero attached hydrogens (tertiary/aromatic N) is 1. The van der Waals surface area contributed by atoms with Gasteiger partial charge in [-0.2, -0.15) is 0 Å². The summed E-state index contributed by atoms with van der Waals surface area (Å²) >= 11 is 0. The maximum atomic E-state index is 14.0. The van der Waals surface area contributed by atoms with Crippen LogP contribution < -0.4 is 11.1 Å². The zero-order valence-electron chi connectivity index (χ0n) is 25.0. The van der Waals surface area contributed by atoms with Crippen molar-refractivity contribution >= 4 is 17.7 Å². The molecule has 1 aromatic heterocycles. The van der Waals surface area contributed by atoms with Crippen molar-refractivity contribution in [1.29, 1.82) is 0 Å². The number of esters is 1. The Morgan fingerprint density at radius 1 is 1.00 bits per heavy atom. The SMILES string of the molecule is COC(=O)C[C@H](O)C[C@H](O)CCc1c(-c2ccc(F)cc2)c(-c2ccccc2)c(C(=O)NCC(=O)/C=C(/C)N)n1C(C)C. The number of rotatable bonds is 14. The summed E-state index contributed by atoms with van der Waals surface area (Å²) in [4.78, 5) is 37.8. The molecule has 0 spiro atoms. The van der Waals surface area contributed by atoms with Crippen LogP contribution in [0.15, 0.2) is 66.4 Å².